The maximum atomic E-state index is 11.7. The van der Waals surface area contributed by atoms with Crippen molar-refractivity contribution in [1.29, 1.82) is 0 Å². The van der Waals surface area contributed by atoms with Crippen LogP contribution in [0.3, 0.4) is 0 Å². The molecule has 0 aliphatic heterocycles. The lowest BCUT2D eigenvalue weighted by molar-refractivity contribution is 0.418. The van der Waals surface area contributed by atoms with Gasteiger partial charge in [0, 0.05) is 10.7 Å². The molecule has 0 saturated carbocycles. The van der Waals surface area contributed by atoms with Gasteiger partial charge in [-0.05, 0) is 12.1 Å². The topological polar surface area (TPSA) is 42.1 Å². The third-order valence-electron chi connectivity index (χ3n) is 2.09. The molecule has 1 heterocycles. The van der Waals surface area contributed by atoms with Gasteiger partial charge in [0.05, 0.1) is 18.0 Å². The molecule has 0 radical (unpaired) electrons. The van der Waals surface area contributed by atoms with Crippen LogP contribution in [0.1, 0.15) is 0 Å². The molecule has 0 spiro atoms. The molecule has 0 atom stereocenters. The second-order valence-electron chi connectivity index (χ2n) is 3.00. The summed E-state index contributed by atoms with van der Waals surface area (Å²) in [5, 5.41) is 0.677. The number of fused-ring (bicyclic) bond motifs is 1. The first-order valence-electron chi connectivity index (χ1n) is 4.18. The van der Waals surface area contributed by atoms with Crippen molar-refractivity contribution in [2.24, 2.45) is 0 Å². The minimum absolute atomic E-state index is 0.169. The summed E-state index contributed by atoms with van der Waals surface area (Å²) in [4.78, 5) is 14.6. The Bertz CT molecular complexity index is 579. The average Bonchev–Trinajstić information content (AvgIpc) is 2.23. The van der Waals surface area contributed by atoms with Gasteiger partial charge in [-0.1, -0.05) is 27.5 Å². The average molecular weight is 289 g/mol. The Morgan fingerprint density at radius 2 is 2.20 bits per heavy atom. The van der Waals surface area contributed by atoms with Crippen LogP contribution in [0.2, 0.25) is 5.02 Å². The predicted octanol–water partition coefficient (Wildman–Crippen LogP) is 2.95. The molecule has 0 fully saturated rings. The van der Waals surface area contributed by atoms with Crippen LogP contribution in [0, 0.1) is 0 Å². The Morgan fingerprint density at radius 1 is 1.47 bits per heavy atom. The minimum atomic E-state index is -0.204. The number of H-pyrrole nitrogens is 1. The molecule has 1 N–H and O–H groups in total. The van der Waals surface area contributed by atoms with Crippen molar-refractivity contribution in [3.63, 3.8) is 0 Å². The molecule has 2 rings (SSSR count). The van der Waals surface area contributed by atoms with Crippen LogP contribution in [-0.4, -0.2) is 12.1 Å². The van der Waals surface area contributed by atoms with E-state index < -0.39 is 0 Å². The van der Waals surface area contributed by atoms with Gasteiger partial charge in [0.25, 0.3) is 0 Å². The van der Waals surface area contributed by atoms with Crippen LogP contribution in [-0.2, 0) is 0 Å². The Morgan fingerprint density at radius 3 is 2.87 bits per heavy atom. The summed E-state index contributed by atoms with van der Waals surface area (Å²) in [6, 6.07) is 3.49. The van der Waals surface area contributed by atoms with Gasteiger partial charge in [0.2, 0.25) is 5.43 Å². The van der Waals surface area contributed by atoms with E-state index in [1.165, 1.54) is 6.20 Å². The summed E-state index contributed by atoms with van der Waals surface area (Å²) in [6.45, 7) is 0. The van der Waals surface area contributed by atoms with Crippen molar-refractivity contribution in [2.45, 2.75) is 0 Å². The highest BCUT2D eigenvalue weighted by molar-refractivity contribution is 9.10. The SMILES string of the molecule is COc1cc(Br)cc2c(=O)c(Cl)c[nH]c12. The lowest BCUT2D eigenvalue weighted by Crippen LogP contribution is -2.04. The monoisotopic (exact) mass is 287 g/mol. The van der Waals surface area contributed by atoms with Crippen LogP contribution in [0.4, 0.5) is 0 Å². The summed E-state index contributed by atoms with van der Waals surface area (Å²) < 4.78 is 5.94. The normalized spacial score (nSPS) is 10.6. The molecule has 1 aromatic heterocycles. The molecule has 0 aliphatic rings. The Kier molecular flexibility index (Phi) is 2.71. The van der Waals surface area contributed by atoms with Crippen molar-refractivity contribution in [2.75, 3.05) is 7.11 Å². The zero-order valence-electron chi connectivity index (χ0n) is 7.80. The van der Waals surface area contributed by atoms with E-state index in [-0.39, 0.29) is 10.5 Å². The fraction of sp³-hybridized carbons (Fsp3) is 0.100. The number of hydrogen-bond donors (Lipinski definition) is 1. The fourth-order valence-corrected chi connectivity index (χ4v) is 1.99. The van der Waals surface area contributed by atoms with Crippen molar-refractivity contribution in [1.82, 2.24) is 4.98 Å². The van der Waals surface area contributed by atoms with Gasteiger partial charge in [-0.15, -0.1) is 0 Å². The standard InChI is InChI=1S/C10H7BrClNO2/c1-15-8-3-5(11)2-6-9(8)13-4-7(12)10(6)14/h2-4H,1H3,(H,13,14). The first-order valence-corrected chi connectivity index (χ1v) is 5.35. The van der Waals surface area contributed by atoms with Crippen LogP contribution in [0.25, 0.3) is 10.9 Å². The predicted molar refractivity (Wildman–Crippen MR) is 63.8 cm³/mol. The number of aromatic nitrogens is 1. The smallest absolute Gasteiger partial charge is 0.208 e. The molecule has 0 bridgehead atoms. The number of nitrogens with one attached hydrogen (secondary N) is 1. The third kappa shape index (κ3) is 1.75. The van der Waals surface area contributed by atoms with Crippen molar-refractivity contribution >= 4 is 38.4 Å². The summed E-state index contributed by atoms with van der Waals surface area (Å²) in [7, 11) is 1.55. The van der Waals surface area contributed by atoms with Gasteiger partial charge in [-0.25, -0.2) is 0 Å². The largest absolute Gasteiger partial charge is 0.495 e. The van der Waals surface area contributed by atoms with Gasteiger partial charge in [0.15, 0.2) is 0 Å². The van der Waals surface area contributed by atoms with Crippen LogP contribution in [0.5, 0.6) is 5.75 Å². The van der Waals surface area contributed by atoms with Crippen LogP contribution >= 0.6 is 27.5 Å². The number of aromatic amines is 1. The van der Waals surface area contributed by atoms with E-state index in [9.17, 15) is 4.79 Å². The molecule has 15 heavy (non-hydrogen) atoms. The lowest BCUT2D eigenvalue weighted by atomic mass is 10.2. The quantitative estimate of drug-likeness (QED) is 0.876. The Labute approximate surface area is 99.1 Å². The molecule has 0 saturated heterocycles. The Hall–Kier alpha value is -1.00. The van der Waals surface area contributed by atoms with E-state index in [0.29, 0.717) is 16.7 Å². The highest BCUT2D eigenvalue weighted by Crippen LogP contribution is 2.27. The summed E-state index contributed by atoms with van der Waals surface area (Å²) in [5.41, 5.74) is 0.445. The zero-order chi connectivity index (χ0) is 11.0. The fourth-order valence-electron chi connectivity index (χ4n) is 1.40. The number of benzene rings is 1. The molecule has 78 valence electrons. The number of hydrogen-bond acceptors (Lipinski definition) is 2. The molecule has 3 nitrogen and oxygen atoms in total. The Balaban J connectivity index is 2.96. The van der Waals surface area contributed by atoms with Gasteiger partial charge in [-0.2, -0.15) is 0 Å². The highest BCUT2D eigenvalue weighted by atomic mass is 79.9. The molecule has 2 aromatic rings. The molecular formula is C10H7BrClNO2. The van der Waals surface area contributed by atoms with Crippen molar-refractivity contribution in [3.05, 3.63) is 38.0 Å². The van der Waals surface area contributed by atoms with E-state index in [1.807, 2.05) is 0 Å². The first kappa shape index (κ1) is 10.5. The molecule has 0 amide bonds. The van der Waals surface area contributed by atoms with Gasteiger partial charge in [0.1, 0.15) is 10.8 Å². The molecule has 5 heteroatoms. The first-order chi connectivity index (χ1) is 7.13. The maximum Gasteiger partial charge on any atom is 0.208 e. The molecule has 0 aliphatic carbocycles. The van der Waals surface area contributed by atoms with E-state index in [0.717, 1.165) is 4.47 Å². The van der Waals surface area contributed by atoms with E-state index >= 15 is 0 Å². The number of rotatable bonds is 1. The summed E-state index contributed by atoms with van der Waals surface area (Å²) in [5.74, 6) is 0.605. The second-order valence-corrected chi connectivity index (χ2v) is 4.32. The highest BCUT2D eigenvalue weighted by Gasteiger charge is 2.08. The van der Waals surface area contributed by atoms with Crippen LogP contribution < -0.4 is 10.2 Å². The van der Waals surface area contributed by atoms with E-state index in [1.54, 1.807) is 19.2 Å². The van der Waals surface area contributed by atoms with E-state index in [2.05, 4.69) is 20.9 Å². The lowest BCUT2D eigenvalue weighted by Gasteiger charge is -2.05. The third-order valence-corrected chi connectivity index (χ3v) is 2.83. The van der Waals surface area contributed by atoms with E-state index in [4.69, 9.17) is 16.3 Å². The van der Waals surface area contributed by atoms with Gasteiger partial charge >= 0.3 is 0 Å². The van der Waals surface area contributed by atoms with Crippen molar-refractivity contribution in [3.8, 4) is 5.75 Å². The van der Waals surface area contributed by atoms with Crippen molar-refractivity contribution < 1.29 is 4.74 Å². The van der Waals surface area contributed by atoms with Gasteiger partial charge in [-0.3, -0.25) is 4.79 Å². The summed E-state index contributed by atoms with van der Waals surface area (Å²) >= 11 is 9.04. The number of ether oxygens (including phenoxy) is 1. The maximum absolute atomic E-state index is 11.7. The number of halogens is 2. The zero-order valence-corrected chi connectivity index (χ0v) is 10.1. The minimum Gasteiger partial charge on any atom is -0.495 e. The summed E-state index contributed by atoms with van der Waals surface area (Å²) in [6.07, 6.45) is 1.46. The van der Waals surface area contributed by atoms with Gasteiger partial charge < -0.3 is 9.72 Å². The molecule has 1 aromatic carbocycles. The molecule has 0 unspecified atom stereocenters. The van der Waals surface area contributed by atoms with Crippen LogP contribution in [0.15, 0.2) is 27.6 Å². The second kappa shape index (κ2) is 3.87. The number of pyridine rings is 1. The number of methoxy groups -OCH3 is 1. The molecular weight excluding hydrogens is 281 g/mol.